The topological polar surface area (TPSA) is 213 Å². The molecule has 0 spiro atoms. The van der Waals surface area contributed by atoms with E-state index in [1.54, 1.807) is 0 Å². The maximum atomic E-state index is 12.2. The Morgan fingerprint density at radius 1 is 0.882 bits per heavy atom. The average molecular weight is 482 g/mol. The summed E-state index contributed by atoms with van der Waals surface area (Å²) in [5.41, 5.74) is -0.567. The first kappa shape index (κ1) is 24.9. The molecule has 0 bridgehead atoms. The quantitative estimate of drug-likeness (QED) is 0.201. The van der Waals surface area contributed by atoms with E-state index in [9.17, 15) is 45.3 Å². The van der Waals surface area contributed by atoms with Gasteiger partial charge in [0, 0.05) is 0 Å². The van der Waals surface area contributed by atoms with Crippen LogP contribution in [0, 0.1) is 0 Å². The molecule has 2 aromatic rings. The van der Waals surface area contributed by atoms with Gasteiger partial charge in [-0.3, -0.25) is 0 Å². The summed E-state index contributed by atoms with van der Waals surface area (Å²) in [4.78, 5) is 23.9. The predicted molar refractivity (Wildman–Crippen MR) is 108 cm³/mol. The highest BCUT2D eigenvalue weighted by atomic mass is 16.7. The fraction of sp³-hybridized carbons (Fsp3) is 0.333. The molecule has 0 saturated carbocycles. The highest BCUT2D eigenvalue weighted by molar-refractivity contribution is 5.92. The molecule has 1 fully saturated rings. The Hall–Kier alpha value is -3.78. The highest BCUT2D eigenvalue weighted by Crippen LogP contribution is 2.35. The maximum absolute atomic E-state index is 12.2. The van der Waals surface area contributed by atoms with E-state index >= 15 is 0 Å². The largest absolute Gasteiger partial charge is 0.507 e. The molecular weight excluding hydrogens is 460 g/mol. The fourth-order valence-corrected chi connectivity index (χ4v) is 3.11. The van der Waals surface area contributed by atoms with Crippen LogP contribution in [0.15, 0.2) is 30.3 Å². The van der Waals surface area contributed by atoms with Crippen LogP contribution in [0.1, 0.15) is 20.7 Å². The van der Waals surface area contributed by atoms with Crippen LogP contribution < -0.4 is 4.74 Å². The van der Waals surface area contributed by atoms with E-state index in [2.05, 4.69) is 4.74 Å². The van der Waals surface area contributed by atoms with E-state index in [1.165, 1.54) is 6.07 Å². The van der Waals surface area contributed by atoms with Gasteiger partial charge in [-0.15, -0.1) is 0 Å². The van der Waals surface area contributed by atoms with Gasteiger partial charge >= 0.3 is 11.9 Å². The van der Waals surface area contributed by atoms with Gasteiger partial charge in [0.05, 0.1) is 12.7 Å². The Kier molecular flexibility index (Phi) is 7.32. The Morgan fingerprint density at radius 3 is 2.15 bits per heavy atom. The van der Waals surface area contributed by atoms with Gasteiger partial charge in [0.1, 0.15) is 48.1 Å². The second-order valence-corrected chi connectivity index (χ2v) is 7.26. The van der Waals surface area contributed by atoms with Crippen LogP contribution in [-0.2, 0) is 14.2 Å². The first-order chi connectivity index (χ1) is 16.0. The van der Waals surface area contributed by atoms with Crippen LogP contribution in [0.2, 0.25) is 0 Å². The van der Waals surface area contributed by atoms with Crippen molar-refractivity contribution in [1.82, 2.24) is 0 Å². The first-order valence-corrected chi connectivity index (χ1v) is 9.73. The number of phenols is 4. The standard InChI is InChI=1S/C21H22O13/c1-31-20(30)10-6-9(2-3-11(10)22)33-21-18(28)17(27)16(26)14(34-21)7-32-19(29)8-4-12(23)15(25)13(24)5-8/h2-6,14,16-18,21-28H,7H2,1H3. The van der Waals surface area contributed by atoms with Crippen molar-refractivity contribution in [2.24, 2.45) is 0 Å². The molecule has 5 atom stereocenters. The second kappa shape index (κ2) is 10.0. The summed E-state index contributed by atoms with van der Waals surface area (Å²) >= 11 is 0. The number of benzene rings is 2. The van der Waals surface area contributed by atoms with Crippen molar-refractivity contribution in [2.45, 2.75) is 30.7 Å². The lowest BCUT2D eigenvalue weighted by atomic mass is 9.99. The van der Waals surface area contributed by atoms with E-state index in [4.69, 9.17) is 14.2 Å². The van der Waals surface area contributed by atoms with Gasteiger partial charge in [-0.25, -0.2) is 9.59 Å². The Morgan fingerprint density at radius 2 is 1.53 bits per heavy atom. The number of esters is 2. The Bertz CT molecular complexity index is 1050. The van der Waals surface area contributed by atoms with Gasteiger partial charge in [0.2, 0.25) is 6.29 Å². The van der Waals surface area contributed by atoms with E-state index in [0.29, 0.717) is 0 Å². The Labute approximate surface area is 191 Å². The summed E-state index contributed by atoms with van der Waals surface area (Å²) in [6.45, 7) is -0.644. The molecule has 1 saturated heterocycles. The van der Waals surface area contributed by atoms with Crippen molar-refractivity contribution < 1.29 is 64.3 Å². The molecule has 7 N–H and O–H groups in total. The molecule has 1 aliphatic rings. The maximum Gasteiger partial charge on any atom is 0.341 e. The van der Waals surface area contributed by atoms with E-state index in [1.807, 2.05) is 0 Å². The van der Waals surface area contributed by atoms with Crippen LogP contribution in [0.5, 0.6) is 28.7 Å². The van der Waals surface area contributed by atoms with Crippen molar-refractivity contribution in [3.8, 4) is 28.7 Å². The summed E-state index contributed by atoms with van der Waals surface area (Å²) in [5.74, 6) is -4.75. The summed E-state index contributed by atoms with van der Waals surface area (Å²) in [7, 11) is 1.10. The van der Waals surface area contributed by atoms with E-state index in [-0.39, 0.29) is 16.9 Å². The van der Waals surface area contributed by atoms with Gasteiger partial charge < -0.3 is 54.7 Å². The highest BCUT2D eigenvalue weighted by Gasteiger charge is 2.45. The third-order valence-electron chi connectivity index (χ3n) is 4.98. The minimum absolute atomic E-state index is 0.0587. The molecule has 0 aromatic heterocycles. The summed E-state index contributed by atoms with van der Waals surface area (Å²) < 4.78 is 20.4. The number of hydrogen-bond donors (Lipinski definition) is 7. The number of ether oxygens (including phenoxy) is 4. The zero-order valence-corrected chi connectivity index (χ0v) is 17.6. The SMILES string of the molecule is COC(=O)c1cc(OC2OC(COC(=O)c3cc(O)c(O)c(O)c3)C(O)C(O)C2O)ccc1O. The third kappa shape index (κ3) is 5.07. The minimum atomic E-state index is -1.78. The molecule has 13 heteroatoms. The Balaban J connectivity index is 1.71. The van der Waals surface area contributed by atoms with Gasteiger partial charge in [-0.2, -0.15) is 0 Å². The fourth-order valence-electron chi connectivity index (χ4n) is 3.11. The third-order valence-corrected chi connectivity index (χ3v) is 4.98. The van der Waals surface area contributed by atoms with Crippen molar-refractivity contribution in [2.75, 3.05) is 13.7 Å². The van der Waals surface area contributed by atoms with Gasteiger partial charge in [-0.1, -0.05) is 0 Å². The smallest absolute Gasteiger partial charge is 0.341 e. The monoisotopic (exact) mass is 482 g/mol. The van der Waals surface area contributed by atoms with Crippen LogP contribution in [0.25, 0.3) is 0 Å². The van der Waals surface area contributed by atoms with Crippen LogP contribution >= 0.6 is 0 Å². The summed E-state index contributed by atoms with van der Waals surface area (Å²) in [6.07, 6.45) is -8.19. The minimum Gasteiger partial charge on any atom is -0.507 e. The molecule has 0 radical (unpaired) electrons. The molecule has 13 nitrogen and oxygen atoms in total. The van der Waals surface area contributed by atoms with Crippen molar-refractivity contribution in [3.63, 3.8) is 0 Å². The lowest BCUT2D eigenvalue weighted by Gasteiger charge is -2.39. The second-order valence-electron chi connectivity index (χ2n) is 7.26. The lowest BCUT2D eigenvalue weighted by Crippen LogP contribution is -2.60. The van der Waals surface area contributed by atoms with Crippen LogP contribution in [0.3, 0.4) is 0 Å². The number of hydrogen-bond acceptors (Lipinski definition) is 13. The number of methoxy groups -OCH3 is 1. The number of aliphatic hydroxyl groups is 3. The van der Waals surface area contributed by atoms with Crippen molar-refractivity contribution in [3.05, 3.63) is 41.5 Å². The molecule has 184 valence electrons. The molecular formula is C21H22O13. The van der Waals surface area contributed by atoms with E-state index in [0.717, 1.165) is 31.4 Å². The molecule has 0 aliphatic carbocycles. The molecule has 0 amide bonds. The lowest BCUT2D eigenvalue weighted by molar-refractivity contribution is -0.277. The molecule has 34 heavy (non-hydrogen) atoms. The summed E-state index contributed by atoms with van der Waals surface area (Å²) in [6, 6.07) is 5.15. The predicted octanol–water partition coefficient (Wildman–Crippen LogP) is -0.661. The zero-order chi connectivity index (χ0) is 25.2. The number of aliphatic hydroxyl groups excluding tert-OH is 3. The van der Waals surface area contributed by atoms with Crippen molar-refractivity contribution >= 4 is 11.9 Å². The van der Waals surface area contributed by atoms with Gasteiger partial charge in [0.25, 0.3) is 0 Å². The zero-order valence-electron chi connectivity index (χ0n) is 17.6. The molecule has 3 rings (SSSR count). The van der Waals surface area contributed by atoms with E-state index < -0.39 is 72.2 Å². The van der Waals surface area contributed by atoms with Crippen LogP contribution in [-0.4, -0.2) is 92.1 Å². The van der Waals surface area contributed by atoms with Gasteiger partial charge in [-0.05, 0) is 30.3 Å². The summed E-state index contributed by atoms with van der Waals surface area (Å²) in [5, 5.41) is 68.7. The number of phenolic OH excluding ortho intramolecular Hbond substituents is 4. The van der Waals surface area contributed by atoms with Crippen molar-refractivity contribution in [1.29, 1.82) is 0 Å². The number of carbonyl (C=O) groups is 2. The molecule has 1 aliphatic heterocycles. The molecule has 5 unspecified atom stereocenters. The number of rotatable bonds is 6. The first-order valence-electron chi connectivity index (χ1n) is 9.73. The van der Waals surface area contributed by atoms with Crippen LogP contribution in [0.4, 0.5) is 0 Å². The number of aromatic hydroxyl groups is 4. The number of carbonyl (C=O) groups excluding carboxylic acids is 2. The molecule has 2 aromatic carbocycles. The average Bonchev–Trinajstić information content (AvgIpc) is 2.82. The van der Waals surface area contributed by atoms with Gasteiger partial charge in [0.15, 0.2) is 17.2 Å². The normalized spacial score (nSPS) is 24.3. The molecule has 1 heterocycles.